The van der Waals surface area contributed by atoms with E-state index in [4.69, 9.17) is 4.74 Å². The van der Waals surface area contributed by atoms with Gasteiger partial charge in [-0.1, -0.05) is 12.1 Å². The maximum absolute atomic E-state index is 11.6. The van der Waals surface area contributed by atoms with Crippen LogP contribution in [0.2, 0.25) is 0 Å². The van der Waals surface area contributed by atoms with Crippen molar-refractivity contribution in [2.45, 2.75) is 26.1 Å². The largest absolute Gasteiger partial charge is 0.475 e. The highest BCUT2D eigenvalue weighted by Gasteiger charge is 2.28. The van der Waals surface area contributed by atoms with E-state index in [-0.39, 0.29) is 12.0 Å². The van der Waals surface area contributed by atoms with Crippen molar-refractivity contribution in [3.05, 3.63) is 48.8 Å². The minimum atomic E-state index is -4.31. The lowest BCUT2D eigenvalue weighted by atomic mass is 10.4. The van der Waals surface area contributed by atoms with Crippen LogP contribution in [0.25, 0.3) is 0 Å². The second-order valence-electron chi connectivity index (χ2n) is 4.41. The van der Waals surface area contributed by atoms with Crippen molar-refractivity contribution in [3.8, 4) is 11.8 Å². The van der Waals surface area contributed by atoms with Gasteiger partial charge in [-0.2, -0.15) is 13.2 Å². The monoisotopic (exact) mass is 314 g/mol. The zero-order valence-corrected chi connectivity index (χ0v) is 12.2. The third kappa shape index (κ3) is 8.78. The highest BCUT2D eigenvalue weighted by molar-refractivity contribution is 5.09. The van der Waals surface area contributed by atoms with E-state index < -0.39 is 12.8 Å². The molecule has 4 nitrogen and oxygen atoms in total. The molecule has 2 heterocycles. The molecule has 0 aliphatic carbocycles. The maximum atomic E-state index is 11.6. The number of ether oxygens (including phenoxy) is 2. The molecule has 120 valence electrons. The summed E-state index contributed by atoms with van der Waals surface area (Å²) in [5.74, 6) is 0.673. The first-order valence-corrected chi connectivity index (χ1v) is 6.55. The maximum Gasteiger partial charge on any atom is 0.422 e. The number of nitrogens with zero attached hydrogens (tertiary/aromatic N) is 2. The molecular formula is C15H17F3N2O2. The lowest BCUT2D eigenvalue weighted by molar-refractivity contribution is -0.154. The van der Waals surface area contributed by atoms with E-state index in [1.165, 1.54) is 12.3 Å². The highest BCUT2D eigenvalue weighted by Crippen LogP contribution is 2.16. The first kappa shape index (κ1) is 17.7. The third-order valence-electron chi connectivity index (χ3n) is 2.02. The molecule has 0 atom stereocenters. The van der Waals surface area contributed by atoms with E-state index >= 15 is 0 Å². The van der Waals surface area contributed by atoms with Crippen LogP contribution < -0.4 is 9.47 Å². The van der Waals surface area contributed by atoms with Crippen molar-refractivity contribution in [2.24, 2.45) is 0 Å². The summed E-state index contributed by atoms with van der Waals surface area (Å²) in [6, 6.07) is 10.1. The Morgan fingerprint density at radius 3 is 1.91 bits per heavy atom. The molecule has 7 heteroatoms. The lowest BCUT2D eigenvalue weighted by Gasteiger charge is -2.06. The second kappa shape index (κ2) is 8.86. The van der Waals surface area contributed by atoms with E-state index in [0.29, 0.717) is 5.88 Å². The van der Waals surface area contributed by atoms with Crippen LogP contribution in [0.3, 0.4) is 0 Å². The van der Waals surface area contributed by atoms with Gasteiger partial charge in [0.1, 0.15) is 0 Å². The van der Waals surface area contributed by atoms with Gasteiger partial charge in [-0.25, -0.2) is 9.97 Å². The molecule has 0 unspecified atom stereocenters. The number of pyridine rings is 2. The fraction of sp³-hybridized carbons (Fsp3) is 0.333. The zero-order chi connectivity index (χ0) is 16.4. The lowest BCUT2D eigenvalue weighted by Crippen LogP contribution is -2.19. The number of aromatic nitrogens is 2. The predicted octanol–water partition coefficient (Wildman–Crippen LogP) is 3.89. The summed E-state index contributed by atoms with van der Waals surface area (Å²) in [6.45, 7) is 2.66. The molecule has 2 rings (SSSR count). The van der Waals surface area contributed by atoms with Gasteiger partial charge in [0.25, 0.3) is 0 Å². The van der Waals surface area contributed by atoms with Gasteiger partial charge in [-0.3, -0.25) is 0 Å². The van der Waals surface area contributed by atoms with Gasteiger partial charge in [0.15, 0.2) is 6.61 Å². The Hall–Kier alpha value is -2.31. The molecule has 0 radical (unpaired) electrons. The molecule has 0 spiro atoms. The molecule has 0 aromatic carbocycles. The minimum absolute atomic E-state index is 0.0187. The predicted molar refractivity (Wildman–Crippen MR) is 75.8 cm³/mol. The normalized spacial score (nSPS) is 10.6. The third-order valence-corrected chi connectivity index (χ3v) is 2.02. The van der Waals surface area contributed by atoms with Gasteiger partial charge < -0.3 is 9.47 Å². The summed E-state index contributed by atoms with van der Waals surface area (Å²) in [4.78, 5) is 7.56. The van der Waals surface area contributed by atoms with Gasteiger partial charge in [0.05, 0.1) is 6.10 Å². The van der Waals surface area contributed by atoms with Crippen molar-refractivity contribution in [1.29, 1.82) is 0 Å². The smallest absolute Gasteiger partial charge is 0.422 e. The van der Waals surface area contributed by atoms with E-state index in [2.05, 4.69) is 14.7 Å². The van der Waals surface area contributed by atoms with Crippen LogP contribution in [0.15, 0.2) is 48.8 Å². The van der Waals surface area contributed by atoms with Crippen LogP contribution in [-0.4, -0.2) is 28.9 Å². The van der Waals surface area contributed by atoms with Crippen molar-refractivity contribution in [2.75, 3.05) is 6.61 Å². The van der Waals surface area contributed by atoms with Crippen LogP contribution in [0, 0.1) is 0 Å². The average molecular weight is 314 g/mol. The molecule has 2 aromatic heterocycles. The Kier molecular flexibility index (Phi) is 7.15. The van der Waals surface area contributed by atoms with Crippen LogP contribution >= 0.6 is 0 Å². The zero-order valence-electron chi connectivity index (χ0n) is 12.2. The first-order valence-electron chi connectivity index (χ1n) is 6.55. The Bertz CT molecular complexity index is 519. The molecular weight excluding hydrogens is 297 g/mol. The molecule has 0 aliphatic heterocycles. The average Bonchev–Trinajstić information content (AvgIpc) is 2.47. The summed E-state index contributed by atoms with van der Waals surface area (Å²) in [5.41, 5.74) is 0. The van der Waals surface area contributed by atoms with Gasteiger partial charge in [0, 0.05) is 24.5 Å². The Labute approximate surface area is 126 Å². The van der Waals surface area contributed by atoms with Gasteiger partial charge in [0.2, 0.25) is 11.8 Å². The molecule has 0 N–H and O–H groups in total. The first-order chi connectivity index (χ1) is 10.4. The van der Waals surface area contributed by atoms with Crippen LogP contribution in [0.4, 0.5) is 13.2 Å². The van der Waals surface area contributed by atoms with Crippen LogP contribution in [0.5, 0.6) is 11.8 Å². The quantitative estimate of drug-likeness (QED) is 0.859. The highest BCUT2D eigenvalue weighted by atomic mass is 19.4. The van der Waals surface area contributed by atoms with E-state index in [1.807, 2.05) is 32.0 Å². The summed E-state index contributed by atoms with van der Waals surface area (Å²) >= 11 is 0. The van der Waals surface area contributed by atoms with Gasteiger partial charge in [-0.05, 0) is 26.0 Å². The summed E-state index contributed by atoms with van der Waals surface area (Å²) < 4.78 is 44.4. The van der Waals surface area contributed by atoms with Crippen molar-refractivity contribution >= 4 is 0 Å². The molecule has 22 heavy (non-hydrogen) atoms. The Morgan fingerprint density at radius 2 is 1.50 bits per heavy atom. The molecule has 0 saturated heterocycles. The number of hydrogen-bond donors (Lipinski definition) is 0. The van der Waals surface area contributed by atoms with Crippen molar-refractivity contribution in [1.82, 2.24) is 9.97 Å². The number of alkyl halides is 3. The molecule has 2 aromatic rings. The fourth-order valence-electron chi connectivity index (χ4n) is 1.25. The van der Waals surface area contributed by atoms with E-state index in [1.54, 1.807) is 18.3 Å². The molecule has 0 amide bonds. The fourth-order valence-corrected chi connectivity index (χ4v) is 1.25. The SMILES string of the molecule is CC(C)Oc1ccccn1.FC(F)(F)COc1ccccn1. The molecule has 0 aliphatic rings. The van der Waals surface area contributed by atoms with Crippen molar-refractivity contribution < 1.29 is 22.6 Å². The van der Waals surface area contributed by atoms with Crippen molar-refractivity contribution in [3.63, 3.8) is 0 Å². The summed E-state index contributed by atoms with van der Waals surface area (Å²) in [5, 5.41) is 0. The second-order valence-corrected chi connectivity index (χ2v) is 4.41. The molecule has 0 bridgehead atoms. The molecule has 0 fully saturated rings. The topological polar surface area (TPSA) is 44.2 Å². The summed E-state index contributed by atoms with van der Waals surface area (Å²) in [6.07, 6.45) is -1.02. The van der Waals surface area contributed by atoms with Gasteiger partial charge >= 0.3 is 6.18 Å². The Morgan fingerprint density at radius 1 is 0.955 bits per heavy atom. The van der Waals surface area contributed by atoms with Gasteiger partial charge in [-0.15, -0.1) is 0 Å². The van der Waals surface area contributed by atoms with E-state index in [9.17, 15) is 13.2 Å². The Balaban J connectivity index is 0.000000224. The van der Waals surface area contributed by atoms with E-state index in [0.717, 1.165) is 0 Å². The number of hydrogen-bond acceptors (Lipinski definition) is 4. The van der Waals surface area contributed by atoms with Crippen LogP contribution in [-0.2, 0) is 0 Å². The molecule has 0 saturated carbocycles. The summed E-state index contributed by atoms with van der Waals surface area (Å²) in [7, 11) is 0. The number of rotatable bonds is 4. The standard InChI is InChI=1S/C8H11NO.C7H6F3NO/c1-7(2)10-8-5-3-4-6-9-8;8-7(9,10)5-12-6-3-1-2-4-11-6/h3-7H,1-2H3;1-4H,5H2. The van der Waals surface area contributed by atoms with Crippen LogP contribution in [0.1, 0.15) is 13.8 Å². The number of halogens is 3. The minimum Gasteiger partial charge on any atom is -0.475 e.